The predicted molar refractivity (Wildman–Crippen MR) is 95.2 cm³/mol. The van der Waals surface area contributed by atoms with Gasteiger partial charge < -0.3 is 14.2 Å². The van der Waals surface area contributed by atoms with Gasteiger partial charge in [0.05, 0.1) is 17.7 Å². The van der Waals surface area contributed by atoms with Crippen molar-refractivity contribution in [2.45, 2.75) is 26.1 Å². The van der Waals surface area contributed by atoms with E-state index in [0.29, 0.717) is 29.7 Å². The van der Waals surface area contributed by atoms with E-state index in [4.69, 9.17) is 16.3 Å². The Balaban J connectivity index is 1.86. The van der Waals surface area contributed by atoms with Crippen LogP contribution >= 0.6 is 11.6 Å². The molecule has 1 saturated heterocycles. The number of aromatic nitrogens is 1. The number of halogens is 1. The maximum atomic E-state index is 13.0. The van der Waals surface area contributed by atoms with Crippen LogP contribution < -0.4 is 0 Å². The Kier molecular flexibility index (Phi) is 4.97. The number of morpholine rings is 1. The van der Waals surface area contributed by atoms with Gasteiger partial charge in [0.15, 0.2) is 0 Å². The van der Waals surface area contributed by atoms with Gasteiger partial charge in [-0.25, -0.2) is 0 Å². The number of aryl methyl sites for hydroxylation is 1. The Bertz CT molecular complexity index is 711. The van der Waals surface area contributed by atoms with Crippen LogP contribution in [0.25, 0.3) is 0 Å². The lowest BCUT2D eigenvalue weighted by molar-refractivity contribution is -0.0956. The SMILES string of the molecule is CC(C)[C@H]1CN(C(=O)c2cc(Cl)cn2C)C[C@@H](c2ccccc2)O1. The van der Waals surface area contributed by atoms with Crippen LogP contribution in [0.1, 0.15) is 36.0 Å². The van der Waals surface area contributed by atoms with Crippen LogP contribution in [0.3, 0.4) is 0 Å². The van der Waals surface area contributed by atoms with E-state index in [9.17, 15) is 4.79 Å². The topological polar surface area (TPSA) is 34.5 Å². The molecule has 5 heteroatoms. The van der Waals surface area contributed by atoms with Crippen molar-refractivity contribution >= 4 is 17.5 Å². The third-order valence-corrected chi connectivity index (χ3v) is 4.73. The van der Waals surface area contributed by atoms with Crippen molar-refractivity contribution in [1.82, 2.24) is 9.47 Å². The van der Waals surface area contributed by atoms with Gasteiger partial charge >= 0.3 is 0 Å². The zero-order valence-corrected chi connectivity index (χ0v) is 15.0. The van der Waals surface area contributed by atoms with E-state index in [-0.39, 0.29) is 18.1 Å². The smallest absolute Gasteiger partial charge is 0.270 e. The summed E-state index contributed by atoms with van der Waals surface area (Å²) >= 11 is 6.04. The molecule has 2 atom stereocenters. The Morgan fingerprint density at radius 3 is 2.54 bits per heavy atom. The van der Waals surface area contributed by atoms with Crippen molar-refractivity contribution in [3.63, 3.8) is 0 Å². The van der Waals surface area contributed by atoms with E-state index >= 15 is 0 Å². The summed E-state index contributed by atoms with van der Waals surface area (Å²) in [6, 6.07) is 11.8. The molecule has 1 aliphatic heterocycles. The molecule has 2 heterocycles. The van der Waals surface area contributed by atoms with Crippen LogP contribution in [0.2, 0.25) is 5.02 Å². The molecule has 0 radical (unpaired) electrons. The number of amides is 1. The summed E-state index contributed by atoms with van der Waals surface area (Å²) in [5.41, 5.74) is 1.71. The van der Waals surface area contributed by atoms with Crippen molar-refractivity contribution in [3.05, 3.63) is 58.9 Å². The van der Waals surface area contributed by atoms with E-state index in [2.05, 4.69) is 26.0 Å². The summed E-state index contributed by atoms with van der Waals surface area (Å²) in [5, 5.41) is 0.578. The molecule has 1 aromatic heterocycles. The molecule has 0 spiro atoms. The van der Waals surface area contributed by atoms with Crippen molar-refractivity contribution in [3.8, 4) is 0 Å². The monoisotopic (exact) mass is 346 g/mol. The normalized spacial score (nSPS) is 21.3. The third-order valence-electron chi connectivity index (χ3n) is 4.52. The van der Waals surface area contributed by atoms with Crippen molar-refractivity contribution in [2.24, 2.45) is 13.0 Å². The maximum absolute atomic E-state index is 13.0. The Labute approximate surface area is 148 Å². The fourth-order valence-corrected chi connectivity index (χ4v) is 3.32. The average molecular weight is 347 g/mol. The summed E-state index contributed by atoms with van der Waals surface area (Å²) in [4.78, 5) is 14.9. The fraction of sp³-hybridized carbons (Fsp3) is 0.421. The summed E-state index contributed by atoms with van der Waals surface area (Å²) in [5.74, 6) is 0.336. The highest BCUT2D eigenvalue weighted by molar-refractivity contribution is 6.31. The summed E-state index contributed by atoms with van der Waals surface area (Å²) in [7, 11) is 1.84. The van der Waals surface area contributed by atoms with Crippen LogP contribution in [0.15, 0.2) is 42.6 Å². The predicted octanol–water partition coefficient (Wildman–Crippen LogP) is 3.92. The Hall–Kier alpha value is -1.78. The summed E-state index contributed by atoms with van der Waals surface area (Å²) in [6.45, 7) is 5.40. The molecular weight excluding hydrogens is 324 g/mol. The van der Waals surface area contributed by atoms with Crippen LogP contribution in [0.5, 0.6) is 0 Å². The second-order valence-corrected chi connectivity index (χ2v) is 7.12. The first-order valence-electron chi connectivity index (χ1n) is 8.27. The zero-order chi connectivity index (χ0) is 17.3. The standard InChI is InChI=1S/C19H23ClN2O2/c1-13(2)17-11-22(19(23)16-9-15(20)10-21(16)3)12-18(24-17)14-7-5-4-6-8-14/h4-10,13,17-18H,11-12H2,1-3H3/t17-,18+/m1/s1. The lowest BCUT2D eigenvalue weighted by Crippen LogP contribution is -2.49. The highest BCUT2D eigenvalue weighted by atomic mass is 35.5. The van der Waals surface area contributed by atoms with E-state index < -0.39 is 0 Å². The third kappa shape index (κ3) is 3.50. The van der Waals surface area contributed by atoms with E-state index in [1.807, 2.05) is 30.1 Å². The number of rotatable bonds is 3. The van der Waals surface area contributed by atoms with Crippen LogP contribution in [-0.2, 0) is 11.8 Å². The quantitative estimate of drug-likeness (QED) is 0.844. The van der Waals surface area contributed by atoms with Crippen molar-refractivity contribution in [1.29, 1.82) is 0 Å². The first kappa shape index (κ1) is 17.1. The molecule has 24 heavy (non-hydrogen) atoms. The van der Waals surface area contributed by atoms with Gasteiger partial charge in [0, 0.05) is 19.8 Å². The molecule has 3 rings (SSSR count). The van der Waals surface area contributed by atoms with Gasteiger partial charge in [-0.05, 0) is 17.5 Å². The minimum Gasteiger partial charge on any atom is -0.366 e. The molecule has 128 valence electrons. The highest BCUT2D eigenvalue weighted by Gasteiger charge is 2.34. The van der Waals surface area contributed by atoms with Crippen LogP contribution in [0.4, 0.5) is 0 Å². The van der Waals surface area contributed by atoms with Gasteiger partial charge in [-0.15, -0.1) is 0 Å². The first-order valence-corrected chi connectivity index (χ1v) is 8.65. The molecule has 0 unspecified atom stereocenters. The van der Waals surface area contributed by atoms with E-state index in [1.165, 1.54) is 0 Å². The second kappa shape index (κ2) is 6.99. The number of benzene rings is 1. The van der Waals surface area contributed by atoms with E-state index in [1.54, 1.807) is 16.8 Å². The number of nitrogens with zero attached hydrogens (tertiary/aromatic N) is 2. The molecule has 1 amide bonds. The fourth-order valence-electron chi connectivity index (χ4n) is 3.07. The van der Waals surface area contributed by atoms with Gasteiger partial charge in [-0.1, -0.05) is 55.8 Å². The van der Waals surface area contributed by atoms with E-state index in [0.717, 1.165) is 5.56 Å². The molecule has 1 aromatic carbocycles. The number of carbonyl (C=O) groups is 1. The van der Waals surface area contributed by atoms with Crippen LogP contribution in [0, 0.1) is 5.92 Å². The van der Waals surface area contributed by atoms with Gasteiger partial charge in [-0.2, -0.15) is 0 Å². The minimum atomic E-state index is -0.105. The lowest BCUT2D eigenvalue weighted by Gasteiger charge is -2.40. The minimum absolute atomic E-state index is 0.000666. The number of carbonyl (C=O) groups excluding carboxylic acids is 1. The van der Waals surface area contributed by atoms with Gasteiger partial charge in [0.2, 0.25) is 0 Å². The molecule has 2 aromatic rings. The van der Waals surface area contributed by atoms with Crippen molar-refractivity contribution in [2.75, 3.05) is 13.1 Å². The number of ether oxygens (including phenoxy) is 1. The molecule has 0 N–H and O–H groups in total. The zero-order valence-electron chi connectivity index (χ0n) is 14.3. The largest absolute Gasteiger partial charge is 0.366 e. The molecule has 0 saturated carbocycles. The summed E-state index contributed by atoms with van der Waals surface area (Å²) in [6.07, 6.45) is 1.67. The molecule has 4 nitrogen and oxygen atoms in total. The molecule has 0 bridgehead atoms. The molecule has 1 fully saturated rings. The maximum Gasteiger partial charge on any atom is 0.270 e. The first-order chi connectivity index (χ1) is 11.5. The molecule has 0 aliphatic carbocycles. The second-order valence-electron chi connectivity index (χ2n) is 6.68. The van der Waals surface area contributed by atoms with Gasteiger partial charge in [-0.3, -0.25) is 4.79 Å². The number of hydrogen-bond donors (Lipinski definition) is 0. The summed E-state index contributed by atoms with van der Waals surface area (Å²) < 4.78 is 8.04. The highest BCUT2D eigenvalue weighted by Crippen LogP contribution is 2.29. The average Bonchev–Trinajstić information content (AvgIpc) is 2.93. The van der Waals surface area contributed by atoms with Gasteiger partial charge in [0.1, 0.15) is 11.8 Å². The van der Waals surface area contributed by atoms with Crippen LogP contribution in [-0.4, -0.2) is 34.6 Å². The van der Waals surface area contributed by atoms with Crippen molar-refractivity contribution < 1.29 is 9.53 Å². The Morgan fingerprint density at radius 2 is 1.96 bits per heavy atom. The Morgan fingerprint density at radius 1 is 1.25 bits per heavy atom. The molecular formula is C19H23ClN2O2. The van der Waals surface area contributed by atoms with Gasteiger partial charge in [0.25, 0.3) is 5.91 Å². The number of hydrogen-bond acceptors (Lipinski definition) is 2. The lowest BCUT2D eigenvalue weighted by atomic mass is 10.0. The molecule has 1 aliphatic rings.